The van der Waals surface area contributed by atoms with E-state index in [1.54, 1.807) is 6.07 Å². The smallest absolute Gasteiger partial charge is 0.181 e. The van der Waals surface area contributed by atoms with E-state index in [4.69, 9.17) is 5.73 Å². The standard InChI is InChI=1S/C16H18N2O/c1-11-3-7-14(8-4-11)18-10-16(19)13-6-5-12(2)15(17)9-13/h3-9,18H,10,17H2,1-2H3. The van der Waals surface area contributed by atoms with Gasteiger partial charge in [0, 0.05) is 16.9 Å². The molecular weight excluding hydrogens is 236 g/mol. The Labute approximate surface area is 113 Å². The van der Waals surface area contributed by atoms with E-state index in [1.165, 1.54) is 5.56 Å². The number of carbonyl (C=O) groups is 1. The fraction of sp³-hybridized carbons (Fsp3) is 0.188. The van der Waals surface area contributed by atoms with Crippen LogP contribution in [0.4, 0.5) is 11.4 Å². The van der Waals surface area contributed by atoms with Crippen LogP contribution >= 0.6 is 0 Å². The molecule has 2 rings (SSSR count). The number of nitrogen functional groups attached to an aromatic ring is 1. The van der Waals surface area contributed by atoms with Gasteiger partial charge in [0.05, 0.1) is 6.54 Å². The Morgan fingerprint density at radius 2 is 1.79 bits per heavy atom. The first-order valence-electron chi connectivity index (χ1n) is 6.26. The van der Waals surface area contributed by atoms with Gasteiger partial charge in [0.25, 0.3) is 0 Å². The molecule has 3 N–H and O–H groups in total. The number of nitrogens with two attached hydrogens (primary N) is 1. The third-order valence-corrected chi connectivity index (χ3v) is 3.11. The van der Waals surface area contributed by atoms with Crippen molar-refractivity contribution in [1.29, 1.82) is 0 Å². The van der Waals surface area contributed by atoms with Gasteiger partial charge in [-0.05, 0) is 37.6 Å². The number of rotatable bonds is 4. The number of hydrogen-bond acceptors (Lipinski definition) is 3. The highest BCUT2D eigenvalue weighted by atomic mass is 16.1. The summed E-state index contributed by atoms with van der Waals surface area (Å²) in [4.78, 5) is 12.0. The van der Waals surface area contributed by atoms with Crippen molar-refractivity contribution in [2.75, 3.05) is 17.6 Å². The Kier molecular flexibility index (Phi) is 3.85. The molecule has 0 atom stereocenters. The van der Waals surface area contributed by atoms with Crippen molar-refractivity contribution in [1.82, 2.24) is 0 Å². The Balaban J connectivity index is 2.01. The Morgan fingerprint density at radius 3 is 2.42 bits per heavy atom. The van der Waals surface area contributed by atoms with Gasteiger partial charge in [-0.1, -0.05) is 29.8 Å². The van der Waals surface area contributed by atoms with E-state index in [-0.39, 0.29) is 12.3 Å². The number of anilines is 2. The first-order valence-corrected chi connectivity index (χ1v) is 6.26. The summed E-state index contributed by atoms with van der Waals surface area (Å²) < 4.78 is 0. The largest absolute Gasteiger partial charge is 0.398 e. The molecule has 2 aromatic carbocycles. The molecule has 2 aromatic rings. The van der Waals surface area contributed by atoms with Crippen LogP contribution in [-0.2, 0) is 0 Å². The zero-order chi connectivity index (χ0) is 13.8. The second-order valence-corrected chi connectivity index (χ2v) is 4.71. The number of Topliss-reactive ketones (excluding diaryl/α,β-unsaturated/α-hetero) is 1. The number of nitrogens with one attached hydrogen (secondary N) is 1. The molecule has 0 heterocycles. The maximum absolute atomic E-state index is 12.0. The first kappa shape index (κ1) is 13.1. The van der Waals surface area contributed by atoms with Crippen molar-refractivity contribution in [2.24, 2.45) is 0 Å². The second-order valence-electron chi connectivity index (χ2n) is 4.71. The second kappa shape index (κ2) is 5.57. The minimum absolute atomic E-state index is 0.0345. The van der Waals surface area contributed by atoms with Gasteiger partial charge in [-0.15, -0.1) is 0 Å². The molecule has 19 heavy (non-hydrogen) atoms. The zero-order valence-corrected chi connectivity index (χ0v) is 11.2. The number of carbonyl (C=O) groups excluding carboxylic acids is 1. The highest BCUT2D eigenvalue weighted by Crippen LogP contribution is 2.14. The molecule has 0 amide bonds. The molecule has 3 heteroatoms. The van der Waals surface area contributed by atoms with E-state index in [0.29, 0.717) is 11.3 Å². The summed E-state index contributed by atoms with van der Waals surface area (Å²) in [7, 11) is 0. The van der Waals surface area contributed by atoms with Gasteiger partial charge in [0.1, 0.15) is 0 Å². The van der Waals surface area contributed by atoms with E-state index in [1.807, 2.05) is 50.2 Å². The summed E-state index contributed by atoms with van der Waals surface area (Å²) in [6.45, 7) is 4.23. The normalized spacial score (nSPS) is 10.2. The predicted octanol–water partition coefficient (Wildman–Crippen LogP) is 3.18. The van der Waals surface area contributed by atoms with Gasteiger partial charge in [0.2, 0.25) is 0 Å². The van der Waals surface area contributed by atoms with Crippen molar-refractivity contribution in [2.45, 2.75) is 13.8 Å². The van der Waals surface area contributed by atoms with Crippen molar-refractivity contribution in [3.05, 3.63) is 59.2 Å². The molecule has 0 aliphatic rings. The van der Waals surface area contributed by atoms with Crippen molar-refractivity contribution < 1.29 is 4.79 Å². The molecular formula is C16H18N2O. The van der Waals surface area contributed by atoms with Crippen LogP contribution in [0.5, 0.6) is 0 Å². The van der Waals surface area contributed by atoms with Crippen LogP contribution < -0.4 is 11.1 Å². The lowest BCUT2D eigenvalue weighted by Gasteiger charge is -2.07. The predicted molar refractivity (Wildman–Crippen MR) is 79.6 cm³/mol. The number of aryl methyl sites for hydroxylation is 2. The van der Waals surface area contributed by atoms with Crippen LogP contribution in [0.15, 0.2) is 42.5 Å². The number of hydrogen-bond donors (Lipinski definition) is 2. The lowest BCUT2D eigenvalue weighted by Crippen LogP contribution is -2.14. The average Bonchev–Trinajstić information content (AvgIpc) is 2.41. The van der Waals surface area contributed by atoms with Crippen LogP contribution in [0, 0.1) is 13.8 Å². The maximum atomic E-state index is 12.0. The summed E-state index contributed by atoms with van der Waals surface area (Å²) >= 11 is 0. The Hall–Kier alpha value is -2.29. The molecule has 0 saturated heterocycles. The van der Waals surface area contributed by atoms with Gasteiger partial charge >= 0.3 is 0 Å². The quantitative estimate of drug-likeness (QED) is 0.651. The molecule has 3 nitrogen and oxygen atoms in total. The number of benzene rings is 2. The third kappa shape index (κ3) is 3.35. The Morgan fingerprint density at radius 1 is 1.11 bits per heavy atom. The molecule has 0 aliphatic heterocycles. The maximum Gasteiger partial charge on any atom is 0.181 e. The zero-order valence-electron chi connectivity index (χ0n) is 11.2. The number of ketones is 1. The summed E-state index contributed by atoms with van der Waals surface area (Å²) in [6, 6.07) is 13.4. The fourth-order valence-corrected chi connectivity index (χ4v) is 1.77. The monoisotopic (exact) mass is 254 g/mol. The van der Waals surface area contributed by atoms with E-state index in [9.17, 15) is 4.79 Å². The topological polar surface area (TPSA) is 55.1 Å². The molecule has 0 spiro atoms. The van der Waals surface area contributed by atoms with Gasteiger partial charge < -0.3 is 11.1 Å². The van der Waals surface area contributed by atoms with Gasteiger partial charge in [-0.3, -0.25) is 4.79 Å². The molecule has 0 radical (unpaired) electrons. The molecule has 0 fully saturated rings. The molecule has 0 aromatic heterocycles. The minimum Gasteiger partial charge on any atom is -0.398 e. The summed E-state index contributed by atoms with van der Waals surface area (Å²) in [5, 5.41) is 3.11. The average molecular weight is 254 g/mol. The van der Waals surface area contributed by atoms with Gasteiger partial charge in [-0.25, -0.2) is 0 Å². The first-order chi connectivity index (χ1) is 9.06. The highest BCUT2D eigenvalue weighted by molar-refractivity contribution is 5.99. The lowest BCUT2D eigenvalue weighted by molar-refractivity contribution is 0.101. The van der Waals surface area contributed by atoms with E-state index >= 15 is 0 Å². The Bertz CT molecular complexity index is 588. The van der Waals surface area contributed by atoms with Crippen LogP contribution in [0.2, 0.25) is 0 Å². The van der Waals surface area contributed by atoms with Crippen LogP contribution in [0.1, 0.15) is 21.5 Å². The van der Waals surface area contributed by atoms with Crippen LogP contribution in [0.25, 0.3) is 0 Å². The van der Waals surface area contributed by atoms with Crippen molar-refractivity contribution in [3.8, 4) is 0 Å². The summed E-state index contributed by atoms with van der Waals surface area (Å²) in [5.74, 6) is 0.0345. The molecule has 98 valence electrons. The third-order valence-electron chi connectivity index (χ3n) is 3.11. The van der Waals surface area contributed by atoms with Crippen molar-refractivity contribution >= 4 is 17.2 Å². The van der Waals surface area contributed by atoms with Crippen molar-refractivity contribution in [3.63, 3.8) is 0 Å². The van der Waals surface area contributed by atoms with Gasteiger partial charge in [-0.2, -0.15) is 0 Å². The van der Waals surface area contributed by atoms with E-state index in [0.717, 1.165) is 11.3 Å². The fourth-order valence-electron chi connectivity index (χ4n) is 1.77. The van der Waals surface area contributed by atoms with E-state index < -0.39 is 0 Å². The SMILES string of the molecule is Cc1ccc(NCC(=O)c2ccc(C)c(N)c2)cc1. The van der Waals surface area contributed by atoms with Gasteiger partial charge in [0.15, 0.2) is 5.78 Å². The van der Waals surface area contributed by atoms with E-state index in [2.05, 4.69) is 5.32 Å². The highest BCUT2D eigenvalue weighted by Gasteiger charge is 2.06. The summed E-state index contributed by atoms with van der Waals surface area (Å²) in [5.41, 5.74) is 10.2. The lowest BCUT2D eigenvalue weighted by atomic mass is 10.1. The van der Waals surface area contributed by atoms with Crippen LogP contribution in [0.3, 0.4) is 0 Å². The molecule has 0 bridgehead atoms. The summed E-state index contributed by atoms with van der Waals surface area (Å²) in [6.07, 6.45) is 0. The minimum atomic E-state index is 0.0345. The molecule has 0 saturated carbocycles. The molecule has 0 aliphatic carbocycles. The van der Waals surface area contributed by atoms with Crippen LogP contribution in [-0.4, -0.2) is 12.3 Å². The molecule has 0 unspecified atom stereocenters.